The lowest BCUT2D eigenvalue weighted by atomic mass is 10.1. The summed E-state index contributed by atoms with van der Waals surface area (Å²) in [4.78, 5) is 0. The Labute approximate surface area is 117 Å². The largest absolute Gasteiger partial charge is 0.493 e. The van der Waals surface area contributed by atoms with Crippen molar-refractivity contribution >= 4 is 43.6 Å². The third-order valence-electron chi connectivity index (χ3n) is 2.15. The van der Waals surface area contributed by atoms with Gasteiger partial charge in [0.1, 0.15) is 0 Å². The molecule has 1 aromatic rings. The molecule has 0 atom stereocenters. The maximum absolute atomic E-state index is 5.94. The number of nitrogen functional groups attached to an aromatic ring is 1. The van der Waals surface area contributed by atoms with Crippen molar-refractivity contribution in [2.75, 3.05) is 27.1 Å². The SMILES string of the molecule is COc1cc(N)c(C=C(Br)Br)c(OC)c1OC. The van der Waals surface area contributed by atoms with Crippen molar-refractivity contribution in [2.45, 2.75) is 0 Å². The Hall–Kier alpha value is -0.880. The van der Waals surface area contributed by atoms with Gasteiger partial charge in [0.25, 0.3) is 0 Å². The summed E-state index contributed by atoms with van der Waals surface area (Å²) < 4.78 is 16.5. The number of rotatable bonds is 4. The molecule has 0 bridgehead atoms. The van der Waals surface area contributed by atoms with Crippen LogP contribution in [0.2, 0.25) is 0 Å². The quantitative estimate of drug-likeness (QED) is 0.830. The van der Waals surface area contributed by atoms with Crippen LogP contribution in [0.4, 0.5) is 5.69 Å². The Kier molecular flexibility index (Phi) is 5.14. The molecule has 4 nitrogen and oxygen atoms in total. The lowest BCUT2D eigenvalue weighted by Crippen LogP contribution is -2.00. The van der Waals surface area contributed by atoms with Gasteiger partial charge in [0, 0.05) is 17.3 Å². The van der Waals surface area contributed by atoms with Gasteiger partial charge in [-0.25, -0.2) is 0 Å². The Morgan fingerprint density at radius 3 is 2.12 bits per heavy atom. The van der Waals surface area contributed by atoms with Crippen LogP contribution in [0.3, 0.4) is 0 Å². The molecular weight excluding hydrogens is 354 g/mol. The molecule has 1 rings (SSSR count). The summed E-state index contributed by atoms with van der Waals surface area (Å²) in [6, 6.07) is 1.69. The fourth-order valence-electron chi connectivity index (χ4n) is 1.46. The highest BCUT2D eigenvalue weighted by Crippen LogP contribution is 2.44. The second-order valence-electron chi connectivity index (χ2n) is 3.08. The van der Waals surface area contributed by atoms with E-state index in [2.05, 4.69) is 31.9 Å². The van der Waals surface area contributed by atoms with Gasteiger partial charge in [0.05, 0.1) is 24.7 Å². The van der Waals surface area contributed by atoms with Gasteiger partial charge in [-0.2, -0.15) is 0 Å². The fourth-order valence-corrected chi connectivity index (χ4v) is 1.91. The number of benzene rings is 1. The van der Waals surface area contributed by atoms with E-state index in [1.165, 1.54) is 0 Å². The number of hydrogen-bond acceptors (Lipinski definition) is 4. The van der Waals surface area contributed by atoms with Gasteiger partial charge in [-0.1, -0.05) is 0 Å². The van der Waals surface area contributed by atoms with Crippen LogP contribution in [-0.2, 0) is 0 Å². The van der Waals surface area contributed by atoms with E-state index in [0.29, 0.717) is 28.5 Å². The van der Waals surface area contributed by atoms with Gasteiger partial charge in [-0.3, -0.25) is 0 Å². The zero-order chi connectivity index (χ0) is 13.0. The first-order valence-corrected chi connectivity index (χ1v) is 6.24. The number of methoxy groups -OCH3 is 3. The van der Waals surface area contributed by atoms with E-state index in [9.17, 15) is 0 Å². The van der Waals surface area contributed by atoms with E-state index < -0.39 is 0 Å². The van der Waals surface area contributed by atoms with Gasteiger partial charge < -0.3 is 19.9 Å². The van der Waals surface area contributed by atoms with Crippen LogP contribution in [0.25, 0.3) is 6.08 Å². The van der Waals surface area contributed by atoms with Crippen LogP contribution in [0.15, 0.2) is 9.46 Å². The normalized spacial score (nSPS) is 9.71. The Bertz CT molecular complexity index is 443. The monoisotopic (exact) mass is 365 g/mol. The van der Waals surface area contributed by atoms with E-state index in [0.717, 1.165) is 3.39 Å². The highest BCUT2D eigenvalue weighted by Gasteiger charge is 2.18. The van der Waals surface area contributed by atoms with E-state index in [1.807, 2.05) is 0 Å². The highest BCUT2D eigenvalue weighted by atomic mass is 79.9. The number of hydrogen-bond donors (Lipinski definition) is 1. The number of anilines is 1. The second-order valence-corrected chi connectivity index (χ2v) is 5.86. The van der Waals surface area contributed by atoms with Crippen molar-refractivity contribution in [2.24, 2.45) is 0 Å². The van der Waals surface area contributed by atoms with Gasteiger partial charge >= 0.3 is 0 Å². The van der Waals surface area contributed by atoms with Crippen molar-refractivity contribution in [1.29, 1.82) is 0 Å². The van der Waals surface area contributed by atoms with Crippen LogP contribution in [-0.4, -0.2) is 21.3 Å². The van der Waals surface area contributed by atoms with Crippen molar-refractivity contribution in [1.82, 2.24) is 0 Å². The first kappa shape index (κ1) is 14.2. The maximum Gasteiger partial charge on any atom is 0.204 e. The van der Waals surface area contributed by atoms with Gasteiger partial charge in [-0.05, 0) is 37.9 Å². The predicted molar refractivity (Wildman–Crippen MR) is 76.3 cm³/mol. The summed E-state index contributed by atoms with van der Waals surface area (Å²) in [5.41, 5.74) is 7.20. The van der Waals surface area contributed by atoms with Crippen molar-refractivity contribution in [3.05, 3.63) is 15.0 Å². The molecule has 2 N–H and O–H groups in total. The van der Waals surface area contributed by atoms with Crippen molar-refractivity contribution in [3.8, 4) is 17.2 Å². The summed E-state index contributed by atoms with van der Waals surface area (Å²) in [7, 11) is 4.65. The third kappa shape index (κ3) is 3.07. The smallest absolute Gasteiger partial charge is 0.204 e. The zero-order valence-corrected chi connectivity index (χ0v) is 12.9. The fraction of sp³-hybridized carbons (Fsp3) is 0.273. The van der Waals surface area contributed by atoms with Gasteiger partial charge in [-0.15, -0.1) is 0 Å². The molecule has 0 aliphatic rings. The standard InChI is InChI=1S/C11H13Br2NO3/c1-15-8-5-7(14)6(4-9(12)13)10(16-2)11(8)17-3/h4-5H,14H2,1-3H3. The minimum absolute atomic E-state index is 0.511. The van der Waals surface area contributed by atoms with E-state index in [-0.39, 0.29) is 0 Å². The summed E-state index contributed by atoms with van der Waals surface area (Å²) in [5.74, 6) is 1.57. The average Bonchev–Trinajstić information content (AvgIpc) is 2.30. The minimum Gasteiger partial charge on any atom is -0.493 e. The predicted octanol–water partition coefficient (Wildman–Crippen LogP) is 3.38. The molecule has 0 saturated carbocycles. The first-order valence-electron chi connectivity index (χ1n) is 4.66. The molecule has 0 amide bonds. The molecule has 17 heavy (non-hydrogen) atoms. The summed E-state index contributed by atoms with van der Waals surface area (Å²) in [6.45, 7) is 0. The lowest BCUT2D eigenvalue weighted by Gasteiger charge is -2.16. The topological polar surface area (TPSA) is 53.7 Å². The number of ether oxygens (including phenoxy) is 3. The zero-order valence-electron chi connectivity index (χ0n) is 9.71. The van der Waals surface area contributed by atoms with E-state index in [4.69, 9.17) is 19.9 Å². The first-order chi connectivity index (χ1) is 8.04. The molecule has 0 aliphatic heterocycles. The van der Waals surface area contributed by atoms with E-state index in [1.54, 1.807) is 33.5 Å². The molecule has 0 spiro atoms. The molecule has 0 fully saturated rings. The third-order valence-corrected chi connectivity index (χ3v) is 2.61. The number of halogens is 2. The van der Waals surface area contributed by atoms with Gasteiger partial charge in [0.15, 0.2) is 11.5 Å². The molecule has 0 aromatic heterocycles. The minimum atomic E-state index is 0.511. The summed E-state index contributed by atoms with van der Waals surface area (Å²) in [5, 5.41) is 0. The second kappa shape index (κ2) is 6.16. The molecule has 6 heteroatoms. The molecular formula is C11H13Br2NO3. The lowest BCUT2D eigenvalue weighted by molar-refractivity contribution is 0.324. The van der Waals surface area contributed by atoms with Crippen LogP contribution >= 0.6 is 31.9 Å². The number of nitrogens with two attached hydrogens (primary N) is 1. The van der Waals surface area contributed by atoms with Crippen LogP contribution < -0.4 is 19.9 Å². The molecule has 94 valence electrons. The van der Waals surface area contributed by atoms with Crippen molar-refractivity contribution in [3.63, 3.8) is 0 Å². The summed E-state index contributed by atoms with van der Waals surface area (Å²) >= 11 is 6.57. The Morgan fingerprint density at radius 2 is 1.71 bits per heavy atom. The van der Waals surface area contributed by atoms with Crippen LogP contribution in [0, 0.1) is 0 Å². The Balaban J connectivity index is 3.54. The van der Waals surface area contributed by atoms with Gasteiger partial charge in [0.2, 0.25) is 5.75 Å². The molecule has 0 saturated heterocycles. The van der Waals surface area contributed by atoms with E-state index >= 15 is 0 Å². The molecule has 0 aliphatic carbocycles. The van der Waals surface area contributed by atoms with Crippen LogP contribution in [0.1, 0.15) is 5.56 Å². The maximum atomic E-state index is 5.94. The average molecular weight is 367 g/mol. The summed E-state index contributed by atoms with van der Waals surface area (Å²) in [6.07, 6.45) is 1.79. The molecule has 1 aromatic carbocycles. The molecule has 0 heterocycles. The van der Waals surface area contributed by atoms with Crippen molar-refractivity contribution < 1.29 is 14.2 Å². The Morgan fingerprint density at radius 1 is 1.12 bits per heavy atom. The molecule has 0 unspecified atom stereocenters. The van der Waals surface area contributed by atoms with Crippen LogP contribution in [0.5, 0.6) is 17.2 Å². The highest BCUT2D eigenvalue weighted by molar-refractivity contribution is 9.28. The molecule has 0 radical (unpaired) electrons.